The van der Waals surface area contributed by atoms with Crippen LogP contribution in [0.2, 0.25) is 0 Å². The van der Waals surface area contributed by atoms with Crippen molar-refractivity contribution in [3.63, 3.8) is 0 Å². The highest BCUT2D eigenvalue weighted by molar-refractivity contribution is 5.86. The van der Waals surface area contributed by atoms with Crippen molar-refractivity contribution in [3.05, 3.63) is 35.4 Å². The number of carboxylic acid groups (broad SMARTS) is 1. The molecule has 1 aromatic carbocycles. The second-order valence-corrected chi connectivity index (χ2v) is 6.59. The van der Waals surface area contributed by atoms with Gasteiger partial charge in [0.2, 0.25) is 11.8 Å². The number of carbonyl (C=O) groups excluding carboxylic acids is 2. The maximum atomic E-state index is 12.1. The highest BCUT2D eigenvalue weighted by atomic mass is 16.4. The molecule has 24 heavy (non-hydrogen) atoms. The van der Waals surface area contributed by atoms with Crippen LogP contribution in [-0.4, -0.2) is 34.3 Å². The van der Waals surface area contributed by atoms with Gasteiger partial charge in [-0.2, -0.15) is 0 Å². The first-order valence-electron chi connectivity index (χ1n) is 8.40. The van der Waals surface area contributed by atoms with Crippen molar-refractivity contribution in [1.29, 1.82) is 0 Å². The lowest BCUT2D eigenvalue weighted by molar-refractivity contribution is -0.152. The van der Waals surface area contributed by atoms with E-state index >= 15 is 0 Å². The maximum absolute atomic E-state index is 12.1. The zero-order chi connectivity index (χ0) is 17.1. The summed E-state index contributed by atoms with van der Waals surface area (Å²) in [4.78, 5) is 36.6. The Morgan fingerprint density at radius 2 is 1.96 bits per heavy atom. The zero-order valence-electron chi connectivity index (χ0n) is 13.5. The second kappa shape index (κ2) is 7.03. The van der Waals surface area contributed by atoms with E-state index < -0.39 is 17.8 Å². The summed E-state index contributed by atoms with van der Waals surface area (Å²) in [6, 6.07) is 7.80. The number of amides is 2. The third-order valence-electron chi connectivity index (χ3n) is 4.93. The van der Waals surface area contributed by atoms with Crippen LogP contribution >= 0.6 is 0 Å². The Morgan fingerprint density at radius 3 is 2.58 bits per heavy atom. The molecule has 1 saturated carbocycles. The van der Waals surface area contributed by atoms with Crippen LogP contribution in [0.15, 0.2) is 24.3 Å². The summed E-state index contributed by atoms with van der Waals surface area (Å²) >= 11 is 0. The number of carboxylic acids is 1. The molecule has 128 valence electrons. The van der Waals surface area contributed by atoms with Gasteiger partial charge >= 0.3 is 5.97 Å². The summed E-state index contributed by atoms with van der Waals surface area (Å²) in [6.07, 6.45) is 2.76. The summed E-state index contributed by atoms with van der Waals surface area (Å²) in [5.74, 6) is -1.84. The van der Waals surface area contributed by atoms with Gasteiger partial charge in [-0.3, -0.25) is 14.4 Å². The highest BCUT2D eigenvalue weighted by Gasteiger charge is 2.41. The SMILES string of the molecule is O=C(O)C1CCC1C(=O)NCc1cccc(CN2CCCC2=O)c1. The molecule has 2 aliphatic rings. The molecular formula is C18H22N2O4. The zero-order valence-corrected chi connectivity index (χ0v) is 13.5. The quantitative estimate of drug-likeness (QED) is 0.828. The van der Waals surface area contributed by atoms with Crippen molar-refractivity contribution in [3.8, 4) is 0 Å². The molecule has 2 unspecified atom stereocenters. The fraction of sp³-hybridized carbons (Fsp3) is 0.500. The van der Waals surface area contributed by atoms with Crippen molar-refractivity contribution in [2.45, 2.75) is 38.8 Å². The average molecular weight is 330 g/mol. The van der Waals surface area contributed by atoms with Gasteiger partial charge in [-0.1, -0.05) is 24.3 Å². The van der Waals surface area contributed by atoms with E-state index in [1.807, 2.05) is 29.2 Å². The molecule has 3 rings (SSSR count). The number of hydrogen-bond acceptors (Lipinski definition) is 3. The predicted octanol–water partition coefficient (Wildman–Crippen LogP) is 1.54. The molecule has 1 saturated heterocycles. The van der Waals surface area contributed by atoms with Crippen LogP contribution in [-0.2, 0) is 27.5 Å². The minimum absolute atomic E-state index is 0.186. The third kappa shape index (κ3) is 3.58. The van der Waals surface area contributed by atoms with Crippen LogP contribution in [0.5, 0.6) is 0 Å². The first kappa shape index (κ1) is 16.5. The van der Waals surface area contributed by atoms with Crippen molar-refractivity contribution in [2.75, 3.05) is 6.54 Å². The van der Waals surface area contributed by atoms with Gasteiger partial charge in [0.1, 0.15) is 0 Å². The van der Waals surface area contributed by atoms with Crippen molar-refractivity contribution < 1.29 is 19.5 Å². The van der Waals surface area contributed by atoms with Crippen LogP contribution in [0, 0.1) is 11.8 Å². The lowest BCUT2D eigenvalue weighted by Crippen LogP contribution is -2.43. The molecule has 0 bridgehead atoms. The van der Waals surface area contributed by atoms with E-state index in [-0.39, 0.29) is 11.8 Å². The maximum Gasteiger partial charge on any atom is 0.307 e. The van der Waals surface area contributed by atoms with Crippen LogP contribution < -0.4 is 5.32 Å². The molecular weight excluding hydrogens is 308 g/mol. The monoisotopic (exact) mass is 330 g/mol. The third-order valence-corrected chi connectivity index (χ3v) is 4.93. The molecule has 1 heterocycles. The average Bonchev–Trinajstić information content (AvgIpc) is 2.89. The first-order valence-corrected chi connectivity index (χ1v) is 8.40. The molecule has 2 amide bonds. The van der Waals surface area contributed by atoms with E-state index in [4.69, 9.17) is 5.11 Å². The van der Waals surface area contributed by atoms with Gasteiger partial charge in [0.15, 0.2) is 0 Å². The van der Waals surface area contributed by atoms with E-state index in [0.29, 0.717) is 32.4 Å². The summed E-state index contributed by atoms with van der Waals surface area (Å²) in [7, 11) is 0. The Kier molecular flexibility index (Phi) is 4.83. The smallest absolute Gasteiger partial charge is 0.307 e. The molecule has 6 nitrogen and oxygen atoms in total. The lowest BCUT2D eigenvalue weighted by atomic mass is 9.73. The summed E-state index contributed by atoms with van der Waals surface area (Å²) < 4.78 is 0. The Bertz CT molecular complexity index is 658. The highest BCUT2D eigenvalue weighted by Crippen LogP contribution is 2.34. The number of aliphatic carboxylic acids is 1. The molecule has 2 fully saturated rings. The van der Waals surface area contributed by atoms with Gasteiger partial charge in [-0.15, -0.1) is 0 Å². The minimum Gasteiger partial charge on any atom is -0.481 e. The molecule has 2 atom stereocenters. The standard InChI is InChI=1S/C18H22N2O4/c21-16-5-2-8-20(16)11-13-4-1-3-12(9-13)10-19-17(22)14-6-7-15(14)18(23)24/h1,3-4,9,14-15H,2,5-8,10-11H2,(H,19,22)(H,23,24). The minimum atomic E-state index is -0.890. The van der Waals surface area contributed by atoms with E-state index in [1.165, 1.54) is 0 Å². The van der Waals surface area contributed by atoms with Crippen LogP contribution in [0.25, 0.3) is 0 Å². The van der Waals surface area contributed by atoms with Gasteiger partial charge in [-0.05, 0) is 30.4 Å². The van der Waals surface area contributed by atoms with Crippen LogP contribution in [0.4, 0.5) is 0 Å². The number of hydrogen-bond donors (Lipinski definition) is 2. The Hall–Kier alpha value is -2.37. The summed E-state index contributed by atoms with van der Waals surface area (Å²) in [5.41, 5.74) is 2.00. The number of nitrogens with one attached hydrogen (secondary N) is 1. The first-order chi connectivity index (χ1) is 11.5. The predicted molar refractivity (Wildman–Crippen MR) is 86.8 cm³/mol. The van der Waals surface area contributed by atoms with Gasteiger partial charge in [0.25, 0.3) is 0 Å². The molecule has 0 aromatic heterocycles. The Balaban J connectivity index is 1.54. The Labute approximate surface area is 140 Å². The van der Waals surface area contributed by atoms with Gasteiger partial charge in [0, 0.05) is 26.1 Å². The van der Waals surface area contributed by atoms with E-state index in [0.717, 1.165) is 24.1 Å². The molecule has 0 spiro atoms. The molecule has 1 aromatic rings. The van der Waals surface area contributed by atoms with Crippen molar-refractivity contribution in [2.24, 2.45) is 11.8 Å². The molecule has 1 aliphatic carbocycles. The molecule has 0 radical (unpaired) electrons. The second-order valence-electron chi connectivity index (χ2n) is 6.59. The Morgan fingerprint density at radius 1 is 1.21 bits per heavy atom. The fourth-order valence-electron chi connectivity index (χ4n) is 3.36. The summed E-state index contributed by atoms with van der Waals surface area (Å²) in [6.45, 7) is 1.78. The molecule has 6 heteroatoms. The number of rotatable bonds is 6. The van der Waals surface area contributed by atoms with Gasteiger partial charge < -0.3 is 15.3 Å². The van der Waals surface area contributed by atoms with Crippen LogP contribution in [0.1, 0.15) is 36.8 Å². The van der Waals surface area contributed by atoms with Crippen LogP contribution in [0.3, 0.4) is 0 Å². The number of likely N-dealkylation sites (tertiary alicyclic amines) is 1. The topological polar surface area (TPSA) is 86.7 Å². The van der Waals surface area contributed by atoms with E-state index in [9.17, 15) is 14.4 Å². The molecule has 2 N–H and O–H groups in total. The van der Waals surface area contributed by atoms with Gasteiger partial charge in [0.05, 0.1) is 11.8 Å². The van der Waals surface area contributed by atoms with Gasteiger partial charge in [-0.25, -0.2) is 0 Å². The van der Waals surface area contributed by atoms with E-state index in [2.05, 4.69) is 5.32 Å². The van der Waals surface area contributed by atoms with Crippen molar-refractivity contribution >= 4 is 17.8 Å². The number of carbonyl (C=O) groups is 3. The normalized spacial score (nSPS) is 23.0. The lowest BCUT2D eigenvalue weighted by Gasteiger charge is -2.31. The number of nitrogens with zero attached hydrogens (tertiary/aromatic N) is 1. The fourth-order valence-corrected chi connectivity index (χ4v) is 3.36. The van der Waals surface area contributed by atoms with Crippen molar-refractivity contribution in [1.82, 2.24) is 10.2 Å². The molecule has 1 aliphatic heterocycles. The largest absolute Gasteiger partial charge is 0.481 e. The summed E-state index contributed by atoms with van der Waals surface area (Å²) in [5, 5.41) is 11.9. The van der Waals surface area contributed by atoms with E-state index in [1.54, 1.807) is 0 Å². The number of benzene rings is 1.